The van der Waals surface area contributed by atoms with Gasteiger partial charge in [0.05, 0.1) is 4.92 Å². The molecule has 4 nitrogen and oxygen atoms in total. The quantitative estimate of drug-likeness (QED) is 0.629. The molecular formula is C12H16N2O2. The largest absolute Gasteiger partial charge is 0.324 e. The third kappa shape index (κ3) is 2.07. The lowest BCUT2D eigenvalue weighted by molar-refractivity contribution is -0.385. The zero-order chi connectivity index (χ0) is 11.7. The van der Waals surface area contributed by atoms with Crippen molar-refractivity contribution >= 4 is 5.69 Å². The summed E-state index contributed by atoms with van der Waals surface area (Å²) in [7, 11) is 0. The Hall–Kier alpha value is -1.42. The molecule has 0 aliphatic heterocycles. The second kappa shape index (κ2) is 4.22. The number of nitro groups is 1. The normalized spacial score (nSPS) is 17.9. The minimum Gasteiger partial charge on any atom is -0.324 e. The Morgan fingerprint density at radius 1 is 1.44 bits per heavy atom. The van der Waals surface area contributed by atoms with Crippen LogP contribution >= 0.6 is 0 Å². The second-order valence-electron chi connectivity index (χ2n) is 4.58. The van der Waals surface area contributed by atoms with E-state index in [1.807, 2.05) is 13.0 Å². The van der Waals surface area contributed by atoms with Crippen molar-refractivity contribution in [2.75, 3.05) is 0 Å². The van der Waals surface area contributed by atoms with Gasteiger partial charge in [0.25, 0.3) is 5.69 Å². The molecule has 0 radical (unpaired) electrons. The minimum atomic E-state index is -0.357. The minimum absolute atomic E-state index is 0.0488. The van der Waals surface area contributed by atoms with E-state index in [0.717, 1.165) is 24.0 Å². The molecule has 1 aliphatic rings. The van der Waals surface area contributed by atoms with Gasteiger partial charge in [-0.1, -0.05) is 12.5 Å². The average molecular weight is 220 g/mol. The number of nitro benzene ring substituents is 1. The Bertz CT molecular complexity index is 413. The van der Waals surface area contributed by atoms with E-state index in [1.165, 1.54) is 6.42 Å². The zero-order valence-electron chi connectivity index (χ0n) is 9.35. The van der Waals surface area contributed by atoms with Crippen molar-refractivity contribution < 1.29 is 4.92 Å². The highest BCUT2D eigenvalue weighted by molar-refractivity contribution is 5.40. The van der Waals surface area contributed by atoms with Gasteiger partial charge in [0.1, 0.15) is 0 Å². The van der Waals surface area contributed by atoms with Crippen LogP contribution in [0.15, 0.2) is 18.2 Å². The van der Waals surface area contributed by atoms with E-state index >= 15 is 0 Å². The maximum absolute atomic E-state index is 10.7. The Labute approximate surface area is 94.6 Å². The highest BCUT2D eigenvalue weighted by Gasteiger charge is 2.26. The molecule has 16 heavy (non-hydrogen) atoms. The summed E-state index contributed by atoms with van der Waals surface area (Å²) in [6, 6.07) is 5.09. The Balaban J connectivity index is 2.28. The maximum Gasteiger partial charge on any atom is 0.270 e. The first kappa shape index (κ1) is 11.1. The molecule has 86 valence electrons. The van der Waals surface area contributed by atoms with Gasteiger partial charge in [-0.2, -0.15) is 0 Å². The number of rotatable bonds is 3. The van der Waals surface area contributed by atoms with Crippen molar-refractivity contribution in [3.8, 4) is 0 Å². The van der Waals surface area contributed by atoms with Crippen molar-refractivity contribution in [1.82, 2.24) is 0 Å². The molecule has 0 spiro atoms. The van der Waals surface area contributed by atoms with Crippen LogP contribution in [0.2, 0.25) is 0 Å². The number of aryl methyl sites for hydroxylation is 1. The van der Waals surface area contributed by atoms with Gasteiger partial charge in [-0.3, -0.25) is 10.1 Å². The molecule has 2 N–H and O–H groups in total. The summed E-state index contributed by atoms with van der Waals surface area (Å²) in [4.78, 5) is 10.4. The van der Waals surface area contributed by atoms with Crippen molar-refractivity contribution in [3.63, 3.8) is 0 Å². The summed E-state index contributed by atoms with van der Waals surface area (Å²) in [5, 5.41) is 10.7. The van der Waals surface area contributed by atoms with Crippen LogP contribution < -0.4 is 5.73 Å². The first-order chi connectivity index (χ1) is 7.58. The lowest BCUT2D eigenvalue weighted by Gasteiger charge is -2.31. The molecule has 0 heterocycles. The van der Waals surface area contributed by atoms with Gasteiger partial charge in [-0.15, -0.1) is 0 Å². The number of nitrogens with zero attached hydrogens (tertiary/aromatic N) is 1. The van der Waals surface area contributed by atoms with Crippen molar-refractivity contribution in [3.05, 3.63) is 39.4 Å². The van der Waals surface area contributed by atoms with E-state index in [4.69, 9.17) is 5.73 Å². The average Bonchev–Trinajstić information content (AvgIpc) is 2.13. The monoisotopic (exact) mass is 220 g/mol. The van der Waals surface area contributed by atoms with Gasteiger partial charge < -0.3 is 5.73 Å². The molecule has 1 unspecified atom stereocenters. The molecule has 0 aromatic heterocycles. The van der Waals surface area contributed by atoms with Crippen LogP contribution in [-0.4, -0.2) is 4.92 Å². The van der Waals surface area contributed by atoms with Gasteiger partial charge in [-0.25, -0.2) is 0 Å². The van der Waals surface area contributed by atoms with Crippen LogP contribution in [-0.2, 0) is 0 Å². The molecule has 1 aromatic carbocycles. The van der Waals surface area contributed by atoms with Crippen LogP contribution in [0.3, 0.4) is 0 Å². The summed E-state index contributed by atoms with van der Waals surface area (Å²) in [6.07, 6.45) is 3.51. The van der Waals surface area contributed by atoms with Gasteiger partial charge in [0.2, 0.25) is 0 Å². The molecule has 4 heteroatoms. The number of nitrogens with two attached hydrogens (primary N) is 1. The first-order valence-electron chi connectivity index (χ1n) is 5.59. The highest BCUT2D eigenvalue weighted by atomic mass is 16.6. The molecule has 0 bridgehead atoms. The second-order valence-corrected chi connectivity index (χ2v) is 4.58. The van der Waals surface area contributed by atoms with E-state index in [2.05, 4.69) is 0 Å². The van der Waals surface area contributed by atoms with Crippen molar-refractivity contribution in [2.45, 2.75) is 32.2 Å². The molecule has 1 atom stereocenters. The molecule has 1 fully saturated rings. The predicted molar refractivity (Wildman–Crippen MR) is 62.1 cm³/mol. The molecule has 1 aliphatic carbocycles. The van der Waals surface area contributed by atoms with Gasteiger partial charge in [0, 0.05) is 18.2 Å². The smallest absolute Gasteiger partial charge is 0.270 e. The summed E-state index contributed by atoms with van der Waals surface area (Å²) < 4.78 is 0. The molecule has 0 amide bonds. The van der Waals surface area contributed by atoms with Crippen LogP contribution in [0.1, 0.15) is 36.4 Å². The number of benzene rings is 1. The van der Waals surface area contributed by atoms with Gasteiger partial charge in [-0.05, 0) is 36.8 Å². The molecule has 0 saturated heterocycles. The number of hydrogen-bond acceptors (Lipinski definition) is 3. The van der Waals surface area contributed by atoms with Crippen LogP contribution in [0.4, 0.5) is 5.69 Å². The SMILES string of the molecule is Cc1cc(C(N)C2CCC2)cc([N+](=O)[O-])c1. The molecule has 1 aromatic rings. The predicted octanol–water partition coefficient (Wildman–Crippen LogP) is 2.70. The standard InChI is InChI=1S/C12H16N2O2/c1-8-5-10(7-11(6-8)14(15)16)12(13)9-3-2-4-9/h5-7,9,12H,2-4,13H2,1H3. The number of non-ortho nitro benzene ring substituents is 1. The molecule has 2 rings (SSSR count). The fourth-order valence-electron chi connectivity index (χ4n) is 2.16. The molecular weight excluding hydrogens is 204 g/mol. The fourth-order valence-corrected chi connectivity index (χ4v) is 2.16. The first-order valence-corrected chi connectivity index (χ1v) is 5.59. The fraction of sp³-hybridized carbons (Fsp3) is 0.500. The third-order valence-corrected chi connectivity index (χ3v) is 3.34. The van der Waals surface area contributed by atoms with E-state index in [1.54, 1.807) is 12.1 Å². The summed E-state index contributed by atoms with van der Waals surface area (Å²) in [5.41, 5.74) is 8.06. The lowest BCUT2D eigenvalue weighted by atomic mass is 9.77. The Morgan fingerprint density at radius 3 is 2.62 bits per heavy atom. The van der Waals surface area contributed by atoms with Crippen molar-refractivity contribution in [1.29, 1.82) is 0 Å². The van der Waals surface area contributed by atoms with E-state index < -0.39 is 0 Å². The lowest BCUT2D eigenvalue weighted by Crippen LogP contribution is -2.26. The van der Waals surface area contributed by atoms with Crippen LogP contribution in [0.25, 0.3) is 0 Å². The summed E-state index contributed by atoms with van der Waals surface area (Å²) in [6.45, 7) is 1.87. The molecule has 1 saturated carbocycles. The summed E-state index contributed by atoms with van der Waals surface area (Å²) in [5.74, 6) is 0.501. The van der Waals surface area contributed by atoms with Crippen LogP contribution in [0.5, 0.6) is 0 Å². The van der Waals surface area contributed by atoms with Crippen LogP contribution in [0, 0.1) is 23.0 Å². The van der Waals surface area contributed by atoms with Gasteiger partial charge in [0.15, 0.2) is 0 Å². The van der Waals surface area contributed by atoms with Gasteiger partial charge >= 0.3 is 0 Å². The third-order valence-electron chi connectivity index (χ3n) is 3.34. The van der Waals surface area contributed by atoms with E-state index in [9.17, 15) is 10.1 Å². The highest BCUT2D eigenvalue weighted by Crippen LogP contribution is 2.37. The van der Waals surface area contributed by atoms with E-state index in [-0.39, 0.29) is 16.7 Å². The maximum atomic E-state index is 10.7. The topological polar surface area (TPSA) is 69.2 Å². The Kier molecular flexibility index (Phi) is 2.92. The van der Waals surface area contributed by atoms with E-state index in [0.29, 0.717) is 5.92 Å². The number of hydrogen-bond donors (Lipinski definition) is 1. The Morgan fingerprint density at radius 2 is 2.12 bits per heavy atom. The zero-order valence-corrected chi connectivity index (χ0v) is 9.35. The summed E-state index contributed by atoms with van der Waals surface area (Å²) >= 11 is 0. The van der Waals surface area contributed by atoms with Crippen molar-refractivity contribution in [2.24, 2.45) is 11.7 Å².